The molecule has 29 heavy (non-hydrogen) atoms. The second-order valence-corrected chi connectivity index (χ2v) is 11.0. The maximum absolute atomic E-state index is 13.3. The van der Waals surface area contributed by atoms with Crippen molar-refractivity contribution in [3.8, 4) is 11.5 Å². The van der Waals surface area contributed by atoms with E-state index >= 15 is 0 Å². The van der Waals surface area contributed by atoms with Crippen molar-refractivity contribution in [1.29, 1.82) is 0 Å². The van der Waals surface area contributed by atoms with E-state index < -0.39 is 5.41 Å². The SMILES string of the molecule is CCCCCCC(C)(C)c1cc(O)c2c(c1)OC(=O)[C@@]13CC[C@@](C)(C=C21)C3(C)C. The Labute approximate surface area is 175 Å². The number of ether oxygens (including phenoxy) is 1. The van der Waals surface area contributed by atoms with Crippen LogP contribution in [0.4, 0.5) is 0 Å². The molecule has 2 bridgehead atoms. The summed E-state index contributed by atoms with van der Waals surface area (Å²) < 4.78 is 5.97. The van der Waals surface area contributed by atoms with Gasteiger partial charge < -0.3 is 9.84 Å². The van der Waals surface area contributed by atoms with Gasteiger partial charge in [-0.25, -0.2) is 0 Å². The highest BCUT2D eigenvalue weighted by Gasteiger charge is 2.71. The van der Waals surface area contributed by atoms with Crippen LogP contribution in [0.5, 0.6) is 11.5 Å². The van der Waals surface area contributed by atoms with Crippen molar-refractivity contribution in [3.63, 3.8) is 0 Å². The van der Waals surface area contributed by atoms with Crippen LogP contribution in [0.2, 0.25) is 0 Å². The maximum Gasteiger partial charge on any atom is 0.322 e. The molecule has 0 saturated heterocycles. The minimum Gasteiger partial charge on any atom is -0.507 e. The largest absolute Gasteiger partial charge is 0.507 e. The lowest BCUT2D eigenvalue weighted by Crippen LogP contribution is -2.46. The molecule has 3 heteroatoms. The van der Waals surface area contributed by atoms with E-state index in [0.29, 0.717) is 5.75 Å². The summed E-state index contributed by atoms with van der Waals surface area (Å²) in [4.78, 5) is 13.3. The van der Waals surface area contributed by atoms with Gasteiger partial charge >= 0.3 is 5.97 Å². The van der Waals surface area contributed by atoms with Crippen molar-refractivity contribution in [3.05, 3.63) is 29.3 Å². The highest BCUT2D eigenvalue weighted by molar-refractivity contribution is 6.03. The van der Waals surface area contributed by atoms with Crippen LogP contribution in [0.1, 0.15) is 97.6 Å². The number of esters is 1. The van der Waals surface area contributed by atoms with Crippen molar-refractivity contribution < 1.29 is 14.6 Å². The average Bonchev–Trinajstić information content (AvgIpc) is 2.95. The highest BCUT2D eigenvalue weighted by atomic mass is 16.5. The number of carbonyl (C=O) groups excluding carboxylic acids is 1. The lowest BCUT2D eigenvalue weighted by atomic mass is 9.61. The minimum atomic E-state index is -0.635. The van der Waals surface area contributed by atoms with E-state index in [2.05, 4.69) is 47.6 Å². The number of allylic oxidation sites excluding steroid dienone is 1. The van der Waals surface area contributed by atoms with E-state index in [1.54, 1.807) is 0 Å². The van der Waals surface area contributed by atoms with E-state index in [1.165, 1.54) is 25.7 Å². The molecule has 2 aliphatic carbocycles. The molecule has 1 fully saturated rings. The Balaban J connectivity index is 1.74. The molecule has 1 saturated carbocycles. The number of carbonyl (C=O) groups is 1. The molecule has 3 nitrogen and oxygen atoms in total. The Hall–Kier alpha value is -1.77. The fraction of sp³-hybridized carbons (Fsp3) is 0.654. The third-order valence-electron chi connectivity index (χ3n) is 8.78. The molecule has 1 heterocycles. The summed E-state index contributed by atoms with van der Waals surface area (Å²) in [6.45, 7) is 13.3. The van der Waals surface area contributed by atoms with Crippen LogP contribution >= 0.6 is 0 Å². The van der Waals surface area contributed by atoms with Gasteiger partial charge in [0.25, 0.3) is 0 Å². The number of unbranched alkanes of at least 4 members (excludes halogenated alkanes) is 3. The van der Waals surface area contributed by atoms with Crippen LogP contribution in [-0.4, -0.2) is 11.1 Å². The Bertz CT molecular complexity index is 891. The van der Waals surface area contributed by atoms with E-state index in [4.69, 9.17) is 4.74 Å². The quantitative estimate of drug-likeness (QED) is 0.328. The van der Waals surface area contributed by atoms with E-state index in [1.807, 2.05) is 12.1 Å². The predicted octanol–water partition coefficient (Wildman–Crippen LogP) is 6.77. The Morgan fingerprint density at radius 2 is 1.83 bits per heavy atom. The first-order valence-electron chi connectivity index (χ1n) is 11.3. The third-order valence-corrected chi connectivity index (χ3v) is 8.78. The van der Waals surface area contributed by atoms with Crippen molar-refractivity contribution >= 4 is 11.5 Å². The monoisotopic (exact) mass is 396 g/mol. The van der Waals surface area contributed by atoms with Gasteiger partial charge in [0.15, 0.2) is 0 Å². The van der Waals surface area contributed by atoms with Crippen molar-refractivity contribution in [1.82, 2.24) is 0 Å². The number of fused-ring (bicyclic) bond motifs is 3. The summed E-state index contributed by atoms with van der Waals surface area (Å²) in [5.74, 6) is 0.652. The van der Waals surface area contributed by atoms with Crippen LogP contribution in [0.25, 0.3) is 5.57 Å². The van der Waals surface area contributed by atoms with Gasteiger partial charge in [-0.15, -0.1) is 0 Å². The molecule has 3 aliphatic rings. The first-order valence-corrected chi connectivity index (χ1v) is 11.3. The summed E-state index contributed by atoms with van der Waals surface area (Å²) in [5, 5.41) is 11.1. The lowest BCUT2D eigenvalue weighted by Gasteiger charge is -2.43. The smallest absolute Gasteiger partial charge is 0.322 e. The van der Waals surface area contributed by atoms with Gasteiger partial charge in [0.1, 0.15) is 11.5 Å². The van der Waals surface area contributed by atoms with E-state index in [9.17, 15) is 9.90 Å². The first-order chi connectivity index (χ1) is 13.5. The second-order valence-electron chi connectivity index (χ2n) is 11.0. The number of hydrogen-bond donors (Lipinski definition) is 1. The summed E-state index contributed by atoms with van der Waals surface area (Å²) >= 11 is 0. The fourth-order valence-corrected chi connectivity index (χ4v) is 6.15. The average molecular weight is 397 g/mol. The molecule has 1 aliphatic heterocycles. The van der Waals surface area contributed by atoms with Crippen molar-refractivity contribution in [2.24, 2.45) is 16.2 Å². The van der Waals surface area contributed by atoms with E-state index in [0.717, 1.165) is 36.0 Å². The summed E-state index contributed by atoms with van der Waals surface area (Å²) in [7, 11) is 0. The molecule has 0 amide bonds. The molecule has 1 spiro atoms. The molecule has 0 unspecified atom stereocenters. The number of benzene rings is 1. The molecule has 1 aromatic rings. The highest BCUT2D eigenvalue weighted by Crippen LogP contribution is 2.75. The Kier molecular flexibility index (Phi) is 4.50. The van der Waals surface area contributed by atoms with E-state index in [-0.39, 0.29) is 28.0 Å². The van der Waals surface area contributed by atoms with Gasteiger partial charge in [-0.1, -0.05) is 73.3 Å². The molecular weight excluding hydrogens is 360 g/mol. The number of phenolic OH excluding ortho intramolecular Hbond substituents is 1. The standard InChI is InChI=1S/C26H36O3/c1-7-8-9-10-11-23(2,3)17-14-19(27)21-18-16-25(6)12-13-26(18,24(25,4)5)22(28)29-20(21)15-17/h14-16,27H,7-13H2,1-6H3/t25-,26+/m0/s1. The van der Waals surface area contributed by atoms with Crippen molar-refractivity contribution in [2.75, 3.05) is 0 Å². The maximum atomic E-state index is 13.3. The van der Waals surface area contributed by atoms with Gasteiger partial charge in [0, 0.05) is 0 Å². The van der Waals surface area contributed by atoms with Gasteiger partial charge in [-0.05, 0) is 58.8 Å². The zero-order valence-corrected chi connectivity index (χ0v) is 18.9. The van der Waals surface area contributed by atoms with Gasteiger partial charge in [0.2, 0.25) is 0 Å². The molecular formula is C26H36O3. The molecule has 0 aromatic heterocycles. The summed E-state index contributed by atoms with van der Waals surface area (Å²) in [6.07, 6.45) is 9.97. The topological polar surface area (TPSA) is 46.5 Å². The van der Waals surface area contributed by atoms with Crippen LogP contribution in [0, 0.1) is 16.2 Å². The predicted molar refractivity (Wildman–Crippen MR) is 117 cm³/mol. The third kappa shape index (κ3) is 2.58. The number of aromatic hydroxyl groups is 1. The summed E-state index contributed by atoms with van der Waals surface area (Å²) in [6, 6.07) is 3.91. The molecule has 0 radical (unpaired) electrons. The molecule has 2 atom stereocenters. The van der Waals surface area contributed by atoms with Crippen molar-refractivity contribution in [2.45, 2.75) is 91.9 Å². The molecule has 158 valence electrons. The van der Waals surface area contributed by atoms with Gasteiger partial charge in [-0.3, -0.25) is 4.79 Å². The summed E-state index contributed by atoms with van der Waals surface area (Å²) in [5.41, 5.74) is 1.81. The first kappa shape index (κ1) is 20.5. The zero-order chi connectivity index (χ0) is 21.2. The lowest BCUT2D eigenvalue weighted by molar-refractivity contribution is -0.148. The Morgan fingerprint density at radius 3 is 2.48 bits per heavy atom. The minimum absolute atomic E-state index is 0.0490. The normalized spacial score (nSPS) is 29.3. The van der Waals surface area contributed by atoms with Gasteiger partial charge in [0.05, 0.1) is 11.0 Å². The van der Waals surface area contributed by atoms with Crippen LogP contribution in [0.15, 0.2) is 18.2 Å². The fourth-order valence-electron chi connectivity index (χ4n) is 6.15. The Morgan fingerprint density at radius 1 is 1.10 bits per heavy atom. The molecule has 1 N–H and O–H groups in total. The number of rotatable bonds is 6. The number of phenols is 1. The van der Waals surface area contributed by atoms with Gasteiger partial charge in [-0.2, -0.15) is 0 Å². The number of hydrogen-bond acceptors (Lipinski definition) is 3. The molecule has 1 aromatic carbocycles. The molecule has 4 rings (SSSR count). The van der Waals surface area contributed by atoms with Crippen LogP contribution in [0.3, 0.4) is 0 Å². The zero-order valence-electron chi connectivity index (χ0n) is 18.9. The second kappa shape index (κ2) is 6.36. The van der Waals surface area contributed by atoms with Crippen LogP contribution in [-0.2, 0) is 10.2 Å². The van der Waals surface area contributed by atoms with Crippen LogP contribution < -0.4 is 4.74 Å².